The van der Waals surface area contributed by atoms with Gasteiger partial charge in [-0.05, 0) is 6.42 Å². The average molecular weight is 300 g/mol. The van der Waals surface area contributed by atoms with E-state index in [0.717, 1.165) is 0 Å². The molecule has 0 unspecified atom stereocenters. The topological polar surface area (TPSA) is 134 Å². The Morgan fingerprint density at radius 3 is 2.60 bits per heavy atom. The molecule has 0 saturated carbocycles. The number of nitrogens with zero attached hydrogens (tertiary/aromatic N) is 1. The maximum atomic E-state index is 11.3. The molecule has 0 atom stereocenters. The van der Waals surface area contributed by atoms with Crippen molar-refractivity contribution >= 4 is 29.2 Å². The van der Waals surface area contributed by atoms with Gasteiger partial charge in [-0.25, -0.2) is 14.6 Å². The Labute approximate surface area is 119 Å². The molecule has 0 radical (unpaired) electrons. The molecule has 3 amide bonds. The van der Waals surface area contributed by atoms with Crippen molar-refractivity contribution in [3.8, 4) is 0 Å². The van der Waals surface area contributed by atoms with Gasteiger partial charge in [0.25, 0.3) is 0 Å². The second-order valence-electron chi connectivity index (χ2n) is 3.93. The number of carboxylic acids is 1. The molecule has 0 aliphatic heterocycles. The molecule has 0 fully saturated rings. The van der Waals surface area contributed by atoms with Crippen LogP contribution in [-0.2, 0) is 11.2 Å². The van der Waals surface area contributed by atoms with Crippen LogP contribution in [0.3, 0.4) is 0 Å². The van der Waals surface area contributed by atoms with Crippen LogP contribution < -0.4 is 16.4 Å². The van der Waals surface area contributed by atoms with Crippen LogP contribution in [0, 0.1) is 0 Å². The van der Waals surface area contributed by atoms with Crippen LogP contribution in [0.1, 0.15) is 28.3 Å². The maximum absolute atomic E-state index is 11.3. The number of carboxylic acid groups (broad SMARTS) is 1. The number of carbonyl (C=O) groups is 3. The van der Waals surface area contributed by atoms with Crippen LogP contribution in [0.25, 0.3) is 0 Å². The van der Waals surface area contributed by atoms with E-state index in [2.05, 4.69) is 15.6 Å². The molecule has 0 aromatic carbocycles. The normalized spacial score (nSPS) is 10.0. The number of amides is 3. The van der Waals surface area contributed by atoms with Gasteiger partial charge in [-0.1, -0.05) is 0 Å². The van der Waals surface area contributed by atoms with E-state index in [-0.39, 0.29) is 18.1 Å². The molecule has 0 saturated heterocycles. The second-order valence-corrected chi connectivity index (χ2v) is 4.88. The van der Waals surface area contributed by atoms with E-state index in [9.17, 15) is 14.4 Å². The summed E-state index contributed by atoms with van der Waals surface area (Å²) < 4.78 is 0. The Morgan fingerprint density at radius 1 is 1.30 bits per heavy atom. The molecule has 0 bridgehead atoms. The first kappa shape index (κ1) is 15.9. The minimum Gasteiger partial charge on any atom is -0.476 e. The second kappa shape index (κ2) is 8.10. The number of hydrogen-bond acceptors (Lipinski definition) is 5. The quantitative estimate of drug-likeness (QED) is 0.499. The molecule has 1 rings (SSSR count). The molecule has 0 spiro atoms. The van der Waals surface area contributed by atoms with Crippen LogP contribution in [0.2, 0.25) is 0 Å². The number of rotatable bonds is 8. The zero-order valence-electron chi connectivity index (χ0n) is 10.7. The summed E-state index contributed by atoms with van der Waals surface area (Å²) in [5.41, 5.74) is 4.98. The number of hydrogen-bond donors (Lipinski definition) is 4. The first-order chi connectivity index (χ1) is 9.49. The van der Waals surface area contributed by atoms with Gasteiger partial charge < -0.3 is 21.5 Å². The maximum Gasteiger partial charge on any atom is 0.355 e. The van der Waals surface area contributed by atoms with Gasteiger partial charge in [0.05, 0.1) is 5.01 Å². The predicted molar refractivity (Wildman–Crippen MR) is 72.6 cm³/mol. The fraction of sp³-hybridized carbons (Fsp3) is 0.455. The molecule has 9 heteroatoms. The van der Waals surface area contributed by atoms with Crippen LogP contribution in [0.5, 0.6) is 0 Å². The van der Waals surface area contributed by atoms with E-state index in [0.29, 0.717) is 30.9 Å². The van der Waals surface area contributed by atoms with Gasteiger partial charge in [-0.3, -0.25) is 4.79 Å². The van der Waals surface area contributed by atoms with Gasteiger partial charge in [0, 0.05) is 31.3 Å². The molecule has 1 aromatic rings. The van der Waals surface area contributed by atoms with Gasteiger partial charge in [0.1, 0.15) is 0 Å². The van der Waals surface area contributed by atoms with Gasteiger partial charge >= 0.3 is 12.0 Å². The first-order valence-corrected chi connectivity index (χ1v) is 6.84. The number of aromatic carboxylic acids is 1. The molecular formula is C11H16N4O4S. The molecule has 5 N–H and O–H groups in total. The molecule has 0 aliphatic carbocycles. The average Bonchev–Trinajstić information content (AvgIpc) is 2.83. The molecule has 1 heterocycles. The molecule has 110 valence electrons. The highest BCUT2D eigenvalue weighted by Gasteiger charge is 2.08. The monoisotopic (exact) mass is 300 g/mol. The summed E-state index contributed by atoms with van der Waals surface area (Å²) in [6.45, 7) is 0.726. The predicted octanol–water partition coefficient (Wildman–Crippen LogP) is -0.0515. The lowest BCUT2D eigenvalue weighted by Crippen LogP contribution is -2.37. The standard InChI is InChI=1S/C11H16N4O4S/c12-8(16)2-1-4-13-11(19)14-5-3-9-15-7(6-20-9)10(17)18/h6H,1-5H2,(H2,12,16)(H,17,18)(H2,13,14,19). The fourth-order valence-electron chi connectivity index (χ4n) is 1.33. The van der Waals surface area contributed by atoms with Crippen LogP contribution in [0.15, 0.2) is 5.38 Å². The summed E-state index contributed by atoms with van der Waals surface area (Å²) in [6.07, 6.45) is 1.20. The van der Waals surface area contributed by atoms with Gasteiger partial charge in [0.2, 0.25) is 5.91 Å². The lowest BCUT2D eigenvalue weighted by molar-refractivity contribution is -0.118. The molecule has 0 aliphatic rings. The minimum atomic E-state index is -1.06. The smallest absolute Gasteiger partial charge is 0.355 e. The zero-order valence-corrected chi connectivity index (χ0v) is 11.5. The number of primary amides is 1. The molecule has 20 heavy (non-hydrogen) atoms. The third-order valence-corrected chi connectivity index (χ3v) is 3.19. The fourth-order valence-corrected chi connectivity index (χ4v) is 2.11. The number of nitrogens with one attached hydrogen (secondary N) is 2. The summed E-state index contributed by atoms with van der Waals surface area (Å²) in [4.78, 5) is 36.3. The highest BCUT2D eigenvalue weighted by molar-refractivity contribution is 7.09. The largest absolute Gasteiger partial charge is 0.476 e. The highest BCUT2D eigenvalue weighted by atomic mass is 32.1. The Bertz CT molecular complexity index is 489. The number of thiazole rings is 1. The number of nitrogens with two attached hydrogens (primary N) is 1. The van der Waals surface area contributed by atoms with Crippen molar-refractivity contribution in [3.63, 3.8) is 0 Å². The molecule has 8 nitrogen and oxygen atoms in total. The van der Waals surface area contributed by atoms with E-state index < -0.39 is 11.9 Å². The van der Waals surface area contributed by atoms with E-state index in [4.69, 9.17) is 10.8 Å². The van der Waals surface area contributed by atoms with Crippen LogP contribution >= 0.6 is 11.3 Å². The summed E-state index contributed by atoms with van der Waals surface area (Å²) in [5, 5.41) is 16.0. The lowest BCUT2D eigenvalue weighted by Gasteiger charge is -2.05. The SMILES string of the molecule is NC(=O)CCCNC(=O)NCCc1nc(C(=O)O)cs1. The number of carbonyl (C=O) groups excluding carboxylic acids is 2. The van der Waals surface area contributed by atoms with E-state index in [1.54, 1.807) is 0 Å². The van der Waals surface area contributed by atoms with Crippen LogP contribution in [-0.4, -0.2) is 41.1 Å². The summed E-state index contributed by atoms with van der Waals surface area (Å²) in [6, 6.07) is -0.343. The lowest BCUT2D eigenvalue weighted by atomic mass is 10.3. The Kier molecular flexibility index (Phi) is 6.44. The first-order valence-electron chi connectivity index (χ1n) is 5.96. The van der Waals surface area contributed by atoms with Crippen molar-refractivity contribution < 1.29 is 19.5 Å². The molecule has 1 aromatic heterocycles. The van der Waals surface area contributed by atoms with Crippen molar-refractivity contribution in [3.05, 3.63) is 16.1 Å². The Morgan fingerprint density at radius 2 is 2.00 bits per heavy atom. The van der Waals surface area contributed by atoms with Crippen LogP contribution in [0.4, 0.5) is 4.79 Å². The van der Waals surface area contributed by atoms with Crippen molar-refractivity contribution in [1.82, 2.24) is 15.6 Å². The van der Waals surface area contributed by atoms with Crippen molar-refractivity contribution in [1.29, 1.82) is 0 Å². The summed E-state index contributed by atoms with van der Waals surface area (Å²) in [5.74, 6) is -1.46. The third kappa shape index (κ3) is 6.14. The molecular weight excluding hydrogens is 284 g/mol. The van der Waals surface area contributed by atoms with E-state index >= 15 is 0 Å². The third-order valence-electron chi connectivity index (χ3n) is 2.28. The number of aromatic nitrogens is 1. The summed E-state index contributed by atoms with van der Waals surface area (Å²) in [7, 11) is 0. The highest BCUT2D eigenvalue weighted by Crippen LogP contribution is 2.09. The summed E-state index contributed by atoms with van der Waals surface area (Å²) >= 11 is 1.24. The van der Waals surface area contributed by atoms with E-state index in [1.807, 2.05) is 0 Å². The van der Waals surface area contributed by atoms with Crippen molar-refractivity contribution in [2.24, 2.45) is 5.73 Å². The number of urea groups is 1. The van der Waals surface area contributed by atoms with Gasteiger partial charge in [-0.2, -0.15) is 0 Å². The van der Waals surface area contributed by atoms with Crippen molar-refractivity contribution in [2.45, 2.75) is 19.3 Å². The Balaban J connectivity index is 2.15. The zero-order chi connectivity index (χ0) is 15.0. The Hall–Kier alpha value is -2.16. The minimum absolute atomic E-state index is 0.0147. The van der Waals surface area contributed by atoms with E-state index in [1.165, 1.54) is 16.7 Å². The van der Waals surface area contributed by atoms with Gasteiger partial charge in [-0.15, -0.1) is 11.3 Å². The van der Waals surface area contributed by atoms with Crippen molar-refractivity contribution in [2.75, 3.05) is 13.1 Å². The van der Waals surface area contributed by atoms with Gasteiger partial charge in [0.15, 0.2) is 5.69 Å².